The summed E-state index contributed by atoms with van der Waals surface area (Å²) in [5, 5.41) is 3.64. The van der Waals surface area contributed by atoms with Crippen molar-refractivity contribution < 1.29 is 0 Å². The van der Waals surface area contributed by atoms with Crippen molar-refractivity contribution >= 4 is 56.1 Å². The Morgan fingerprint density at radius 2 is 1.27 bits per heavy atom. The van der Waals surface area contributed by atoms with Crippen molar-refractivity contribution in [2.75, 3.05) is 4.90 Å². The van der Waals surface area contributed by atoms with Gasteiger partial charge in [-0.2, -0.15) is 0 Å². The van der Waals surface area contributed by atoms with Crippen molar-refractivity contribution in [2.24, 2.45) is 0 Å². The van der Waals surface area contributed by atoms with Gasteiger partial charge in [-0.1, -0.05) is 139 Å². The summed E-state index contributed by atoms with van der Waals surface area (Å²) in [7, 11) is 0. The second-order valence-corrected chi connectivity index (χ2v) is 15.6. The van der Waals surface area contributed by atoms with Crippen molar-refractivity contribution in [1.82, 2.24) is 14.5 Å². The maximum atomic E-state index is 5.38. The lowest BCUT2D eigenvalue weighted by molar-refractivity contribution is 0.731. The van der Waals surface area contributed by atoms with Gasteiger partial charge < -0.3 is 9.47 Å². The summed E-state index contributed by atoms with van der Waals surface area (Å²) in [5.41, 5.74) is 14.0. The van der Waals surface area contributed by atoms with Crippen molar-refractivity contribution in [2.45, 2.75) is 21.8 Å². The highest BCUT2D eigenvalue weighted by atomic mass is 32.2. The summed E-state index contributed by atoms with van der Waals surface area (Å²) in [6, 6.07) is 57.3. The van der Waals surface area contributed by atoms with Crippen molar-refractivity contribution in [3.8, 4) is 39.2 Å². The number of rotatable bonds is 4. The number of anilines is 2. The summed E-state index contributed by atoms with van der Waals surface area (Å²) in [6.45, 7) is 0. The van der Waals surface area contributed by atoms with E-state index in [1.165, 1.54) is 65.0 Å². The fraction of sp³-hybridized carbons (Fsp3) is 0.0400. The SMILES string of the molecule is C1=CC2c3cc(-c4ccc5c6ccccc6n(-c6cccc(-c7ccccc7)c6)c5c4)ccc3N(c3nc4c5c(cccc5n3)Sc3ccccc3-4)C2C=C1. The quantitative estimate of drug-likeness (QED) is 0.181. The van der Waals surface area contributed by atoms with E-state index in [0.29, 0.717) is 0 Å². The van der Waals surface area contributed by atoms with E-state index in [0.717, 1.165) is 33.9 Å². The second-order valence-electron chi connectivity index (χ2n) is 14.6. The first-order valence-corrected chi connectivity index (χ1v) is 19.6. The molecule has 0 bridgehead atoms. The van der Waals surface area contributed by atoms with E-state index in [9.17, 15) is 0 Å². The molecular weight excluding hydrogens is 689 g/mol. The number of para-hydroxylation sites is 1. The number of aromatic nitrogens is 3. The first kappa shape index (κ1) is 30.7. The summed E-state index contributed by atoms with van der Waals surface area (Å²) in [5.74, 6) is 0.923. The first-order chi connectivity index (χ1) is 27.3. The molecule has 5 heteroatoms. The average molecular weight is 721 g/mol. The van der Waals surface area contributed by atoms with Crippen LogP contribution in [0.3, 0.4) is 0 Å². The van der Waals surface area contributed by atoms with Gasteiger partial charge in [0, 0.05) is 48.8 Å². The molecule has 1 aliphatic carbocycles. The van der Waals surface area contributed by atoms with Gasteiger partial charge in [-0.05, 0) is 82.4 Å². The number of benzene rings is 7. The molecule has 0 saturated heterocycles. The molecule has 3 aliphatic rings. The fourth-order valence-electron chi connectivity index (χ4n) is 9.03. The molecule has 0 N–H and O–H groups in total. The molecule has 2 atom stereocenters. The minimum absolute atomic E-state index is 0.0817. The lowest BCUT2D eigenvalue weighted by Gasteiger charge is -2.28. The molecule has 4 heterocycles. The van der Waals surface area contributed by atoms with Gasteiger partial charge in [0.1, 0.15) is 0 Å². The van der Waals surface area contributed by atoms with E-state index in [-0.39, 0.29) is 12.0 Å². The molecular formula is C50H32N4S. The second kappa shape index (κ2) is 11.9. The summed E-state index contributed by atoms with van der Waals surface area (Å²) < 4.78 is 2.42. The van der Waals surface area contributed by atoms with Gasteiger partial charge in [0.25, 0.3) is 0 Å². The van der Waals surface area contributed by atoms with E-state index in [4.69, 9.17) is 9.97 Å². The Kier molecular flexibility index (Phi) is 6.65. The summed E-state index contributed by atoms with van der Waals surface area (Å²) in [6.07, 6.45) is 8.98. The van der Waals surface area contributed by atoms with Crippen LogP contribution in [0.15, 0.2) is 192 Å². The van der Waals surface area contributed by atoms with Crippen molar-refractivity contribution in [3.05, 3.63) is 188 Å². The van der Waals surface area contributed by atoms with E-state index < -0.39 is 0 Å². The minimum atomic E-state index is 0.0817. The molecule has 7 aromatic carbocycles. The highest BCUT2D eigenvalue weighted by molar-refractivity contribution is 7.99. The number of allylic oxidation sites excluding steroid dienone is 2. The summed E-state index contributed by atoms with van der Waals surface area (Å²) in [4.78, 5) is 15.5. The van der Waals surface area contributed by atoms with Gasteiger partial charge in [-0.15, -0.1) is 0 Å². The molecule has 0 fully saturated rings. The molecule has 2 aromatic heterocycles. The molecule has 0 saturated carbocycles. The summed E-state index contributed by atoms with van der Waals surface area (Å²) >= 11 is 1.80. The van der Waals surface area contributed by atoms with Crippen LogP contribution in [0.2, 0.25) is 0 Å². The number of fused-ring (bicyclic) bond motifs is 8. The number of nitrogens with zero attached hydrogens (tertiary/aromatic N) is 4. The molecule has 0 amide bonds. The normalized spacial score (nSPS) is 16.5. The zero-order valence-corrected chi connectivity index (χ0v) is 30.5. The van der Waals surface area contributed by atoms with Crippen LogP contribution in [0, 0.1) is 0 Å². The zero-order valence-electron chi connectivity index (χ0n) is 29.7. The Hall–Kier alpha value is -6.69. The average Bonchev–Trinajstić information content (AvgIpc) is 3.76. The molecule has 4 nitrogen and oxygen atoms in total. The Bertz CT molecular complexity index is 3100. The maximum absolute atomic E-state index is 5.38. The molecule has 0 radical (unpaired) electrons. The van der Waals surface area contributed by atoms with Crippen LogP contribution in [0.5, 0.6) is 0 Å². The van der Waals surface area contributed by atoms with Crippen LogP contribution in [0.1, 0.15) is 11.5 Å². The van der Waals surface area contributed by atoms with Crippen LogP contribution >= 0.6 is 11.8 Å². The van der Waals surface area contributed by atoms with Gasteiger partial charge in [0.05, 0.1) is 28.3 Å². The van der Waals surface area contributed by atoms with Gasteiger partial charge >= 0.3 is 0 Å². The highest BCUT2D eigenvalue weighted by Crippen LogP contribution is 2.51. The third-order valence-electron chi connectivity index (χ3n) is 11.5. The lowest BCUT2D eigenvalue weighted by atomic mass is 9.89. The van der Waals surface area contributed by atoms with Crippen LogP contribution in [0.25, 0.3) is 71.9 Å². The molecule has 9 aromatic rings. The Morgan fingerprint density at radius 1 is 0.527 bits per heavy atom. The monoisotopic (exact) mass is 720 g/mol. The van der Waals surface area contributed by atoms with Gasteiger partial charge in [0.15, 0.2) is 0 Å². The topological polar surface area (TPSA) is 34.0 Å². The van der Waals surface area contributed by atoms with Gasteiger partial charge in [-0.3, -0.25) is 0 Å². The maximum Gasteiger partial charge on any atom is 0.231 e. The van der Waals surface area contributed by atoms with Crippen LogP contribution in [-0.2, 0) is 0 Å². The van der Waals surface area contributed by atoms with Gasteiger partial charge in [-0.25, -0.2) is 9.97 Å². The largest absolute Gasteiger partial charge is 0.309 e. The molecule has 2 aliphatic heterocycles. The Labute approximate surface area is 322 Å². The zero-order chi connectivity index (χ0) is 36.0. The standard InChI is InChI=1S/C50H32N4S/c1-2-12-31(13-3-1)32-14-10-15-35(28-32)53-42-20-7-4-16-36(42)38-26-24-34(30-45(38)53)33-25-27-44-40(29-33)37-17-5-8-21-43(37)54(44)50-51-41-19-11-23-47-48(41)49(52-50)39-18-6-9-22-46(39)55-47/h1-30,37,43H. The molecule has 2 unspecified atom stereocenters. The molecule has 258 valence electrons. The molecule has 55 heavy (non-hydrogen) atoms. The van der Waals surface area contributed by atoms with E-state index in [1.807, 2.05) is 0 Å². The lowest BCUT2D eigenvalue weighted by Crippen LogP contribution is -2.30. The number of hydrogen-bond acceptors (Lipinski definition) is 4. The van der Waals surface area contributed by atoms with E-state index in [2.05, 4.69) is 191 Å². The molecule has 12 rings (SSSR count). The third-order valence-corrected chi connectivity index (χ3v) is 12.7. The Balaban J connectivity index is 1.00. The van der Waals surface area contributed by atoms with Crippen molar-refractivity contribution in [3.63, 3.8) is 0 Å². The van der Waals surface area contributed by atoms with Crippen molar-refractivity contribution in [1.29, 1.82) is 0 Å². The van der Waals surface area contributed by atoms with Crippen LogP contribution in [0.4, 0.5) is 11.6 Å². The minimum Gasteiger partial charge on any atom is -0.309 e. The van der Waals surface area contributed by atoms with Crippen LogP contribution < -0.4 is 4.90 Å². The smallest absolute Gasteiger partial charge is 0.231 e. The predicted octanol–water partition coefficient (Wildman–Crippen LogP) is 12.9. The fourth-order valence-corrected chi connectivity index (χ4v) is 10.1. The number of hydrogen-bond donors (Lipinski definition) is 0. The highest BCUT2D eigenvalue weighted by Gasteiger charge is 2.39. The Morgan fingerprint density at radius 3 is 2.24 bits per heavy atom. The predicted molar refractivity (Wildman–Crippen MR) is 228 cm³/mol. The van der Waals surface area contributed by atoms with Gasteiger partial charge in [0.2, 0.25) is 5.95 Å². The third kappa shape index (κ3) is 4.66. The van der Waals surface area contributed by atoms with Crippen LogP contribution in [-0.4, -0.2) is 20.6 Å². The van der Waals surface area contributed by atoms with E-state index >= 15 is 0 Å². The first-order valence-electron chi connectivity index (χ1n) is 18.8. The molecule has 0 spiro atoms. The van der Waals surface area contributed by atoms with E-state index in [1.54, 1.807) is 11.8 Å².